The number of halogens is 1. The lowest BCUT2D eigenvalue weighted by molar-refractivity contribution is -0.113. The van der Waals surface area contributed by atoms with Gasteiger partial charge >= 0.3 is 0 Å². The second-order valence-corrected chi connectivity index (χ2v) is 8.65. The zero-order chi connectivity index (χ0) is 20.4. The molecule has 3 aromatic rings. The smallest absolute Gasteiger partial charge is 0.256 e. The van der Waals surface area contributed by atoms with Gasteiger partial charge in [0.15, 0.2) is 5.76 Å². The van der Waals surface area contributed by atoms with Crippen molar-refractivity contribution < 1.29 is 18.4 Å². The number of nitrogens with zero attached hydrogens (tertiary/aromatic N) is 1. The Kier molecular flexibility index (Phi) is 5.68. The number of nitrogens with one attached hydrogen (secondary N) is 1. The minimum Gasteiger partial charge on any atom is -0.431 e. The van der Waals surface area contributed by atoms with Crippen LogP contribution in [-0.2, 0) is 17.6 Å². The first-order valence-electron chi connectivity index (χ1n) is 9.10. The van der Waals surface area contributed by atoms with Crippen LogP contribution in [0.4, 0.5) is 9.39 Å². The third-order valence-corrected chi connectivity index (χ3v) is 6.66. The van der Waals surface area contributed by atoms with E-state index in [9.17, 15) is 14.0 Å². The lowest BCUT2D eigenvalue weighted by atomic mass is 9.95. The number of aromatic nitrogens is 1. The molecular weight excluding hydrogens is 413 g/mol. The summed E-state index contributed by atoms with van der Waals surface area (Å²) >= 11 is 2.57. The largest absolute Gasteiger partial charge is 0.431 e. The van der Waals surface area contributed by atoms with Gasteiger partial charge in [0, 0.05) is 10.4 Å². The summed E-state index contributed by atoms with van der Waals surface area (Å²) < 4.78 is 18.6. The zero-order valence-corrected chi connectivity index (χ0v) is 17.0. The summed E-state index contributed by atoms with van der Waals surface area (Å²) in [6, 6.07) is 5.88. The summed E-state index contributed by atoms with van der Waals surface area (Å²) in [5.41, 5.74) is 7.68. The number of carbonyl (C=O) groups excluding carboxylic acids is 2. The topological polar surface area (TPSA) is 98.2 Å². The predicted octanol–water partition coefficient (Wildman–Crippen LogP) is 4.25. The van der Waals surface area contributed by atoms with Crippen LogP contribution in [0.1, 0.15) is 33.6 Å². The minimum atomic E-state index is -0.510. The van der Waals surface area contributed by atoms with Crippen LogP contribution in [0.25, 0.3) is 11.3 Å². The van der Waals surface area contributed by atoms with E-state index >= 15 is 0 Å². The number of anilines is 1. The Labute approximate surface area is 174 Å². The lowest BCUT2D eigenvalue weighted by Gasteiger charge is -2.11. The van der Waals surface area contributed by atoms with Crippen molar-refractivity contribution in [3.05, 3.63) is 52.3 Å². The molecule has 0 bridgehead atoms. The predicted molar refractivity (Wildman–Crippen MR) is 111 cm³/mol. The first-order valence-corrected chi connectivity index (χ1v) is 10.9. The standard InChI is InChI=1S/C20H18FN3O3S2/c21-12-7-5-11(6-8-12)14-9-23-20(27-14)28-10-16(25)24-19-17(18(22)26)13-3-1-2-4-15(13)29-19/h5-9H,1-4,10H2,(H2,22,26)(H,24,25). The Morgan fingerprint density at radius 3 is 2.76 bits per heavy atom. The number of oxazole rings is 1. The fraction of sp³-hybridized carbons (Fsp3) is 0.250. The highest BCUT2D eigenvalue weighted by atomic mass is 32.2. The number of carbonyl (C=O) groups is 2. The third-order valence-electron chi connectivity index (χ3n) is 4.61. The van der Waals surface area contributed by atoms with Crippen molar-refractivity contribution >= 4 is 39.9 Å². The van der Waals surface area contributed by atoms with E-state index in [-0.39, 0.29) is 17.5 Å². The molecule has 3 N–H and O–H groups in total. The minimum absolute atomic E-state index is 0.0736. The van der Waals surface area contributed by atoms with Crippen molar-refractivity contribution in [2.24, 2.45) is 5.73 Å². The molecule has 2 amide bonds. The van der Waals surface area contributed by atoms with E-state index in [1.54, 1.807) is 12.1 Å². The van der Waals surface area contributed by atoms with Gasteiger partial charge in [0.2, 0.25) is 5.91 Å². The van der Waals surface area contributed by atoms with E-state index in [1.807, 2.05) is 0 Å². The number of hydrogen-bond donors (Lipinski definition) is 2. The molecule has 6 nitrogen and oxygen atoms in total. The van der Waals surface area contributed by atoms with Gasteiger partial charge in [0.1, 0.15) is 10.8 Å². The van der Waals surface area contributed by atoms with Crippen LogP contribution in [-0.4, -0.2) is 22.6 Å². The molecule has 0 fully saturated rings. The highest BCUT2D eigenvalue weighted by Crippen LogP contribution is 2.38. The van der Waals surface area contributed by atoms with E-state index in [0.717, 1.165) is 47.9 Å². The Hall–Kier alpha value is -2.65. The average molecular weight is 432 g/mol. The highest BCUT2D eigenvalue weighted by molar-refractivity contribution is 7.99. The number of rotatable bonds is 6. The normalized spacial score (nSPS) is 13.1. The maximum absolute atomic E-state index is 13.0. The highest BCUT2D eigenvalue weighted by Gasteiger charge is 2.25. The lowest BCUT2D eigenvalue weighted by Crippen LogP contribution is -2.19. The number of primary amides is 1. The summed E-state index contributed by atoms with van der Waals surface area (Å²) in [6.45, 7) is 0. The number of thioether (sulfide) groups is 1. The fourth-order valence-electron chi connectivity index (χ4n) is 3.28. The van der Waals surface area contributed by atoms with Crippen molar-refractivity contribution in [2.75, 3.05) is 11.1 Å². The van der Waals surface area contributed by atoms with Gasteiger partial charge < -0.3 is 15.5 Å². The maximum atomic E-state index is 13.0. The second kappa shape index (κ2) is 8.38. The molecule has 2 heterocycles. The molecule has 1 aromatic carbocycles. The van der Waals surface area contributed by atoms with E-state index in [4.69, 9.17) is 10.2 Å². The molecular formula is C20H18FN3O3S2. The molecule has 4 rings (SSSR count). The van der Waals surface area contributed by atoms with Crippen molar-refractivity contribution in [2.45, 2.75) is 30.9 Å². The number of benzene rings is 1. The zero-order valence-electron chi connectivity index (χ0n) is 15.4. The number of nitrogens with two attached hydrogens (primary N) is 1. The van der Waals surface area contributed by atoms with Crippen LogP contribution in [0, 0.1) is 5.82 Å². The average Bonchev–Trinajstić information content (AvgIpc) is 3.31. The van der Waals surface area contributed by atoms with Gasteiger partial charge in [-0.05, 0) is 55.5 Å². The Morgan fingerprint density at radius 2 is 2.00 bits per heavy atom. The van der Waals surface area contributed by atoms with Gasteiger partial charge in [-0.2, -0.15) is 0 Å². The summed E-state index contributed by atoms with van der Waals surface area (Å²) in [4.78, 5) is 29.6. The molecule has 9 heteroatoms. The third kappa shape index (κ3) is 4.35. The summed E-state index contributed by atoms with van der Waals surface area (Å²) in [7, 11) is 0. The monoisotopic (exact) mass is 431 g/mol. The molecule has 0 aliphatic heterocycles. The van der Waals surface area contributed by atoms with Crippen LogP contribution in [0.15, 0.2) is 40.1 Å². The Bertz CT molecular complexity index is 1060. The van der Waals surface area contributed by atoms with Crippen molar-refractivity contribution in [1.82, 2.24) is 4.98 Å². The molecule has 2 aromatic heterocycles. The molecule has 1 aliphatic rings. The van der Waals surface area contributed by atoms with Gasteiger partial charge in [-0.25, -0.2) is 9.37 Å². The van der Waals surface area contributed by atoms with E-state index < -0.39 is 5.91 Å². The van der Waals surface area contributed by atoms with Gasteiger partial charge in [-0.15, -0.1) is 11.3 Å². The number of aryl methyl sites for hydroxylation is 1. The van der Waals surface area contributed by atoms with E-state index in [2.05, 4.69) is 10.3 Å². The Morgan fingerprint density at radius 1 is 1.24 bits per heavy atom. The number of thiophene rings is 1. The summed E-state index contributed by atoms with van der Waals surface area (Å²) in [5.74, 6) is -0.536. The summed E-state index contributed by atoms with van der Waals surface area (Å²) in [5, 5.41) is 3.67. The second-order valence-electron chi connectivity index (χ2n) is 6.61. The molecule has 29 heavy (non-hydrogen) atoms. The van der Waals surface area contributed by atoms with Crippen molar-refractivity contribution in [3.63, 3.8) is 0 Å². The van der Waals surface area contributed by atoms with Crippen LogP contribution in [0.2, 0.25) is 0 Å². The van der Waals surface area contributed by atoms with Crippen LogP contribution in [0.3, 0.4) is 0 Å². The number of amides is 2. The van der Waals surface area contributed by atoms with E-state index in [0.29, 0.717) is 27.1 Å². The van der Waals surface area contributed by atoms with Crippen LogP contribution < -0.4 is 11.1 Å². The number of hydrogen-bond acceptors (Lipinski definition) is 6. The molecule has 0 unspecified atom stereocenters. The number of fused-ring (bicyclic) bond motifs is 1. The summed E-state index contributed by atoms with van der Waals surface area (Å²) in [6.07, 6.45) is 5.36. The van der Waals surface area contributed by atoms with Crippen LogP contribution in [0.5, 0.6) is 0 Å². The maximum Gasteiger partial charge on any atom is 0.256 e. The SMILES string of the molecule is NC(=O)c1c(NC(=O)CSc2ncc(-c3ccc(F)cc3)o2)sc2c1CCCC2. The molecule has 1 aliphatic carbocycles. The Balaban J connectivity index is 1.40. The fourth-order valence-corrected chi connectivity index (χ4v) is 5.19. The molecule has 0 atom stereocenters. The van der Waals surface area contributed by atoms with E-state index in [1.165, 1.54) is 29.7 Å². The van der Waals surface area contributed by atoms with Gasteiger partial charge in [0.25, 0.3) is 11.1 Å². The van der Waals surface area contributed by atoms with Gasteiger partial charge in [-0.3, -0.25) is 9.59 Å². The first kappa shape index (κ1) is 19.7. The molecule has 0 radical (unpaired) electrons. The van der Waals surface area contributed by atoms with Crippen LogP contribution >= 0.6 is 23.1 Å². The first-order chi connectivity index (χ1) is 14.0. The van der Waals surface area contributed by atoms with Gasteiger partial charge in [-0.1, -0.05) is 11.8 Å². The molecule has 0 saturated heterocycles. The van der Waals surface area contributed by atoms with Crippen molar-refractivity contribution in [1.29, 1.82) is 0 Å². The van der Waals surface area contributed by atoms with Crippen molar-refractivity contribution in [3.8, 4) is 11.3 Å². The quantitative estimate of drug-likeness (QED) is 0.569. The molecule has 0 spiro atoms. The van der Waals surface area contributed by atoms with Gasteiger partial charge in [0.05, 0.1) is 17.5 Å². The molecule has 150 valence electrons. The molecule has 0 saturated carbocycles.